The summed E-state index contributed by atoms with van der Waals surface area (Å²) in [6.07, 6.45) is 0. The normalized spacial score (nSPS) is 12.7. The smallest absolute Gasteiger partial charge is 0.115 e. The first kappa shape index (κ1) is 26.5. The predicted molar refractivity (Wildman–Crippen MR) is 177 cm³/mol. The maximum atomic E-state index is 14.6. The highest BCUT2D eigenvalue weighted by Crippen LogP contribution is 2.38. The maximum Gasteiger partial charge on any atom is 0.115 e. The lowest BCUT2D eigenvalue weighted by molar-refractivity contribution is 0.485. The Kier molecular flexibility index (Phi) is 5.89. The third-order valence-corrected chi connectivity index (χ3v) is 8.71. The minimum atomic E-state index is -0.530. The van der Waals surface area contributed by atoms with Crippen LogP contribution in [0.25, 0.3) is 55.0 Å². The zero-order chi connectivity index (χ0) is 29.4. The monoisotopic (exact) mass is 552 g/mol. The van der Waals surface area contributed by atoms with E-state index in [0.717, 1.165) is 33.4 Å². The van der Waals surface area contributed by atoms with Crippen LogP contribution in [0.15, 0.2) is 103 Å². The summed E-state index contributed by atoms with van der Waals surface area (Å²) >= 11 is 0. The minimum absolute atomic E-state index is 0.0437. The molecule has 0 N–H and O–H groups in total. The van der Waals surface area contributed by atoms with Crippen molar-refractivity contribution in [2.24, 2.45) is 0 Å². The quantitative estimate of drug-likeness (QED) is 0.206. The maximum absolute atomic E-state index is 14.6. The van der Waals surface area contributed by atoms with Crippen LogP contribution in [0.4, 0.5) is 4.39 Å². The Bertz CT molecular complexity index is 1990. The first-order chi connectivity index (χ1) is 20.0. The number of rotatable bonds is 3. The van der Waals surface area contributed by atoms with Crippen molar-refractivity contribution >= 4 is 43.6 Å². The first-order valence-corrected chi connectivity index (χ1v) is 14.8. The van der Waals surface area contributed by atoms with Crippen molar-refractivity contribution in [2.75, 3.05) is 0 Å². The number of fused-ring (bicyclic) bond motifs is 6. The van der Waals surface area contributed by atoms with Crippen LogP contribution in [0.1, 0.15) is 58.2 Å². The molecule has 210 valence electrons. The van der Waals surface area contributed by atoms with Crippen molar-refractivity contribution in [1.82, 2.24) is 9.13 Å². The van der Waals surface area contributed by atoms with E-state index in [1.165, 1.54) is 32.7 Å². The third kappa shape index (κ3) is 4.14. The lowest BCUT2D eigenvalue weighted by Crippen LogP contribution is -2.10. The fourth-order valence-corrected chi connectivity index (χ4v) is 6.43. The minimum Gasteiger partial charge on any atom is -0.309 e. The molecule has 0 aliphatic rings. The summed E-state index contributed by atoms with van der Waals surface area (Å²) in [5.41, 5.74) is 9.79. The van der Waals surface area contributed by atoms with Gasteiger partial charge in [-0.3, -0.25) is 0 Å². The number of benzene rings is 5. The van der Waals surface area contributed by atoms with E-state index in [2.05, 4.69) is 142 Å². The van der Waals surface area contributed by atoms with Crippen LogP contribution in [0, 0.1) is 0 Å². The van der Waals surface area contributed by atoms with Gasteiger partial charge in [0.1, 0.15) is 6.67 Å². The van der Waals surface area contributed by atoms with Gasteiger partial charge in [0.15, 0.2) is 0 Å². The van der Waals surface area contributed by atoms with Gasteiger partial charge in [0.25, 0.3) is 0 Å². The summed E-state index contributed by atoms with van der Waals surface area (Å²) in [5, 5.41) is 4.85. The molecule has 0 fully saturated rings. The highest BCUT2D eigenvalue weighted by atomic mass is 19.1. The second kappa shape index (κ2) is 9.32. The Balaban J connectivity index is 1.53. The predicted octanol–water partition coefficient (Wildman–Crippen LogP) is 10.9. The van der Waals surface area contributed by atoms with E-state index in [1.54, 1.807) is 0 Å². The van der Waals surface area contributed by atoms with Crippen LogP contribution in [-0.4, -0.2) is 9.13 Å². The Hall–Kier alpha value is -4.37. The van der Waals surface area contributed by atoms with Crippen LogP contribution < -0.4 is 0 Å². The number of halogens is 1. The SMILES string of the molecule is CC(C)(C)c1ccc2c(c1)c1ccccc1n2-c1cc(CF)cc(-n2c3ccccc3c3cc(C(C)(C)C)ccc32)c1. The first-order valence-electron chi connectivity index (χ1n) is 14.8. The van der Waals surface area contributed by atoms with E-state index in [4.69, 9.17) is 0 Å². The average molecular weight is 553 g/mol. The summed E-state index contributed by atoms with van der Waals surface area (Å²) in [4.78, 5) is 0. The topological polar surface area (TPSA) is 9.86 Å². The van der Waals surface area contributed by atoms with Gasteiger partial charge in [-0.25, -0.2) is 4.39 Å². The summed E-state index contributed by atoms with van der Waals surface area (Å²) in [6, 6.07) is 36.9. The molecule has 0 saturated carbocycles. The van der Waals surface area contributed by atoms with E-state index in [9.17, 15) is 4.39 Å². The van der Waals surface area contributed by atoms with Crippen molar-refractivity contribution in [3.63, 3.8) is 0 Å². The Labute approximate surface area is 247 Å². The fourth-order valence-electron chi connectivity index (χ4n) is 6.43. The molecule has 0 aliphatic carbocycles. The van der Waals surface area contributed by atoms with Crippen LogP contribution >= 0.6 is 0 Å². The molecule has 2 aromatic heterocycles. The van der Waals surface area contributed by atoms with Crippen LogP contribution in [0.2, 0.25) is 0 Å². The van der Waals surface area contributed by atoms with Gasteiger partial charge in [0, 0.05) is 32.9 Å². The summed E-state index contributed by atoms with van der Waals surface area (Å²) in [7, 11) is 0. The number of hydrogen-bond donors (Lipinski definition) is 0. The van der Waals surface area contributed by atoms with E-state index < -0.39 is 6.67 Å². The van der Waals surface area contributed by atoms with Crippen molar-refractivity contribution in [3.8, 4) is 11.4 Å². The molecule has 7 rings (SSSR count). The van der Waals surface area contributed by atoms with E-state index in [-0.39, 0.29) is 10.8 Å². The number of aromatic nitrogens is 2. The lowest BCUT2D eigenvalue weighted by Gasteiger charge is -2.19. The number of hydrogen-bond acceptors (Lipinski definition) is 0. The van der Waals surface area contributed by atoms with Crippen LogP contribution in [0.3, 0.4) is 0 Å². The zero-order valence-corrected chi connectivity index (χ0v) is 25.3. The van der Waals surface area contributed by atoms with E-state index >= 15 is 0 Å². The van der Waals surface area contributed by atoms with Crippen LogP contribution in [-0.2, 0) is 17.5 Å². The van der Waals surface area contributed by atoms with Crippen molar-refractivity contribution in [3.05, 3.63) is 120 Å². The summed E-state index contributed by atoms with van der Waals surface area (Å²) < 4.78 is 19.2. The fraction of sp³-hybridized carbons (Fsp3) is 0.231. The molecule has 2 nitrogen and oxygen atoms in total. The van der Waals surface area contributed by atoms with E-state index in [1.807, 2.05) is 12.1 Å². The number of para-hydroxylation sites is 2. The molecular formula is C39H37FN2. The molecule has 42 heavy (non-hydrogen) atoms. The standard InChI is InChI=1S/C39H37FN2/c1-38(2,3)26-15-17-36-32(21-26)30-11-7-9-13-34(30)41(36)28-19-25(24-40)20-29(23-28)42-35-14-10-8-12-31(35)33-22-27(39(4,5)6)16-18-37(33)42/h7-23H,24H2,1-6H3. The molecule has 5 aromatic carbocycles. The van der Waals surface area contributed by atoms with Gasteiger partial charge in [0.05, 0.1) is 22.1 Å². The molecule has 0 atom stereocenters. The van der Waals surface area contributed by atoms with Gasteiger partial charge in [-0.15, -0.1) is 0 Å². The molecule has 0 unspecified atom stereocenters. The van der Waals surface area contributed by atoms with Crippen LogP contribution in [0.5, 0.6) is 0 Å². The van der Waals surface area contributed by atoms with Gasteiger partial charge >= 0.3 is 0 Å². The third-order valence-electron chi connectivity index (χ3n) is 8.71. The van der Waals surface area contributed by atoms with E-state index in [0.29, 0.717) is 5.56 Å². The molecule has 0 amide bonds. The summed E-state index contributed by atoms with van der Waals surface area (Å²) in [6.45, 7) is 13.0. The second-order valence-electron chi connectivity index (χ2n) is 13.7. The zero-order valence-electron chi connectivity index (χ0n) is 25.3. The van der Waals surface area contributed by atoms with Crippen molar-refractivity contribution in [1.29, 1.82) is 0 Å². The molecule has 3 heteroatoms. The molecule has 0 saturated heterocycles. The van der Waals surface area contributed by atoms with Crippen molar-refractivity contribution in [2.45, 2.75) is 59.0 Å². The van der Waals surface area contributed by atoms with Gasteiger partial charge in [-0.1, -0.05) is 90.1 Å². The van der Waals surface area contributed by atoms with Gasteiger partial charge in [0.2, 0.25) is 0 Å². The molecule has 0 spiro atoms. The molecule has 0 bridgehead atoms. The van der Waals surface area contributed by atoms with Gasteiger partial charge in [-0.2, -0.15) is 0 Å². The van der Waals surface area contributed by atoms with Gasteiger partial charge in [-0.05, 0) is 82.1 Å². The molecule has 0 aliphatic heterocycles. The molecular weight excluding hydrogens is 515 g/mol. The number of nitrogens with zero attached hydrogens (tertiary/aromatic N) is 2. The second-order valence-corrected chi connectivity index (χ2v) is 13.7. The molecule has 7 aromatic rings. The largest absolute Gasteiger partial charge is 0.309 e. The molecule has 2 heterocycles. The molecule has 0 radical (unpaired) electrons. The average Bonchev–Trinajstić information content (AvgIpc) is 3.48. The Morgan fingerprint density at radius 3 is 1.29 bits per heavy atom. The Morgan fingerprint density at radius 2 is 0.881 bits per heavy atom. The van der Waals surface area contributed by atoms with Crippen molar-refractivity contribution < 1.29 is 4.39 Å². The van der Waals surface area contributed by atoms with Gasteiger partial charge < -0.3 is 9.13 Å². The Morgan fingerprint density at radius 1 is 0.476 bits per heavy atom. The number of alkyl halides is 1. The highest BCUT2D eigenvalue weighted by Gasteiger charge is 2.21. The highest BCUT2D eigenvalue weighted by molar-refractivity contribution is 6.11. The summed E-state index contributed by atoms with van der Waals surface area (Å²) in [5.74, 6) is 0. The lowest BCUT2D eigenvalue weighted by atomic mass is 9.86.